The van der Waals surface area contributed by atoms with Crippen LogP contribution in [0.3, 0.4) is 0 Å². The van der Waals surface area contributed by atoms with Crippen LogP contribution in [-0.2, 0) is 16.0 Å². The quantitative estimate of drug-likeness (QED) is 0.592. The Morgan fingerprint density at radius 1 is 1.13 bits per heavy atom. The summed E-state index contributed by atoms with van der Waals surface area (Å²) in [6, 6.07) is 17.5. The Hall–Kier alpha value is -3.41. The molecule has 1 atom stereocenters. The summed E-state index contributed by atoms with van der Waals surface area (Å²) < 4.78 is 10.6. The van der Waals surface area contributed by atoms with E-state index in [-0.39, 0.29) is 24.1 Å². The van der Waals surface area contributed by atoms with Gasteiger partial charge in [0.1, 0.15) is 17.0 Å². The van der Waals surface area contributed by atoms with Crippen molar-refractivity contribution in [3.63, 3.8) is 0 Å². The Balaban J connectivity index is 1.45. The molecule has 0 N–H and O–H groups in total. The van der Waals surface area contributed by atoms with Crippen LogP contribution < -0.4 is 0 Å². The van der Waals surface area contributed by atoms with Crippen molar-refractivity contribution in [3.05, 3.63) is 77.0 Å². The number of rotatable bonds is 5. The van der Waals surface area contributed by atoms with Crippen LogP contribution in [0.15, 0.2) is 59.1 Å². The third-order valence-electron chi connectivity index (χ3n) is 5.64. The third kappa shape index (κ3) is 3.85. The van der Waals surface area contributed by atoms with Gasteiger partial charge in [0.25, 0.3) is 5.91 Å². The van der Waals surface area contributed by atoms with Gasteiger partial charge in [-0.05, 0) is 37.3 Å². The molecule has 30 heavy (non-hydrogen) atoms. The van der Waals surface area contributed by atoms with Crippen molar-refractivity contribution in [3.8, 4) is 11.3 Å². The zero-order valence-corrected chi connectivity index (χ0v) is 17.1. The molecule has 6 heteroatoms. The van der Waals surface area contributed by atoms with Crippen molar-refractivity contribution in [1.82, 2.24) is 10.1 Å². The monoisotopic (exact) mass is 404 g/mol. The van der Waals surface area contributed by atoms with Crippen molar-refractivity contribution in [2.45, 2.75) is 32.2 Å². The van der Waals surface area contributed by atoms with Crippen LogP contribution in [0.4, 0.5) is 0 Å². The van der Waals surface area contributed by atoms with Crippen LogP contribution in [0.25, 0.3) is 11.3 Å². The highest BCUT2D eigenvalue weighted by atomic mass is 16.5. The van der Waals surface area contributed by atoms with Gasteiger partial charge in [-0.15, -0.1) is 0 Å². The molecule has 154 valence electrons. The molecule has 0 fully saturated rings. The minimum Gasteiger partial charge on any atom is -0.452 e. The summed E-state index contributed by atoms with van der Waals surface area (Å²) in [6.07, 6.45) is 2.95. The van der Waals surface area contributed by atoms with Crippen molar-refractivity contribution in [1.29, 1.82) is 0 Å². The number of hydrogen-bond donors (Lipinski definition) is 0. The fourth-order valence-electron chi connectivity index (χ4n) is 4.01. The van der Waals surface area contributed by atoms with E-state index in [1.165, 1.54) is 11.1 Å². The molecule has 1 aliphatic rings. The van der Waals surface area contributed by atoms with Crippen LogP contribution >= 0.6 is 0 Å². The molecule has 1 heterocycles. The smallest absolute Gasteiger partial charge is 0.344 e. The van der Waals surface area contributed by atoms with E-state index < -0.39 is 5.97 Å². The number of benzene rings is 2. The van der Waals surface area contributed by atoms with E-state index in [9.17, 15) is 9.59 Å². The Kier molecular flexibility index (Phi) is 5.65. The number of aromatic nitrogens is 1. The Morgan fingerprint density at radius 3 is 2.67 bits per heavy atom. The predicted octanol–water partition coefficient (Wildman–Crippen LogP) is 4.34. The number of fused-ring (bicyclic) bond motifs is 1. The van der Waals surface area contributed by atoms with E-state index in [0.29, 0.717) is 11.5 Å². The lowest BCUT2D eigenvalue weighted by atomic mass is 9.87. The Morgan fingerprint density at radius 2 is 1.87 bits per heavy atom. The minimum atomic E-state index is -0.613. The SMILES string of the molecule is Cc1onc(-c2ccccc2)c1C(=O)OCC(=O)N(C)C1CCCc2ccccc21. The van der Waals surface area contributed by atoms with Gasteiger partial charge in [-0.1, -0.05) is 59.8 Å². The molecule has 4 rings (SSSR count). The third-order valence-corrected chi connectivity index (χ3v) is 5.64. The number of ether oxygens (including phenoxy) is 1. The van der Waals surface area contributed by atoms with Gasteiger partial charge in [0.2, 0.25) is 0 Å². The molecule has 0 radical (unpaired) electrons. The first-order chi connectivity index (χ1) is 14.6. The van der Waals surface area contributed by atoms with Crippen molar-refractivity contribution in [2.75, 3.05) is 13.7 Å². The van der Waals surface area contributed by atoms with Crippen LogP contribution in [0.5, 0.6) is 0 Å². The summed E-state index contributed by atoms with van der Waals surface area (Å²) in [5.41, 5.74) is 3.87. The molecule has 0 saturated carbocycles. The molecule has 1 aromatic heterocycles. The average molecular weight is 404 g/mol. The largest absolute Gasteiger partial charge is 0.452 e. The van der Waals surface area contributed by atoms with E-state index in [4.69, 9.17) is 9.26 Å². The molecule has 1 unspecified atom stereocenters. The van der Waals surface area contributed by atoms with Gasteiger partial charge in [-0.25, -0.2) is 4.79 Å². The Labute approximate surface area is 175 Å². The molecule has 3 aromatic rings. The second-order valence-corrected chi connectivity index (χ2v) is 7.52. The highest BCUT2D eigenvalue weighted by Gasteiger charge is 2.28. The number of nitrogens with zero attached hydrogens (tertiary/aromatic N) is 2. The van der Waals surface area contributed by atoms with Crippen LogP contribution in [-0.4, -0.2) is 35.6 Å². The molecule has 0 bridgehead atoms. The fourth-order valence-corrected chi connectivity index (χ4v) is 4.01. The summed E-state index contributed by atoms with van der Waals surface area (Å²) in [5, 5.41) is 4.00. The maximum absolute atomic E-state index is 12.8. The topological polar surface area (TPSA) is 72.6 Å². The molecule has 2 aromatic carbocycles. The zero-order valence-electron chi connectivity index (χ0n) is 17.1. The summed E-state index contributed by atoms with van der Waals surface area (Å²) in [4.78, 5) is 27.2. The lowest BCUT2D eigenvalue weighted by Gasteiger charge is -2.33. The molecule has 1 amide bonds. The van der Waals surface area contributed by atoms with E-state index >= 15 is 0 Å². The first kappa shape index (κ1) is 19.9. The first-order valence-corrected chi connectivity index (χ1v) is 10.1. The van der Waals surface area contributed by atoms with Gasteiger partial charge >= 0.3 is 5.97 Å². The minimum absolute atomic E-state index is 0.00152. The highest BCUT2D eigenvalue weighted by Crippen LogP contribution is 2.33. The molecule has 6 nitrogen and oxygen atoms in total. The van der Waals surface area contributed by atoms with Crippen LogP contribution in [0, 0.1) is 6.92 Å². The number of carbonyl (C=O) groups excluding carboxylic acids is 2. The molecular weight excluding hydrogens is 380 g/mol. The van der Waals surface area contributed by atoms with Gasteiger partial charge in [-0.3, -0.25) is 4.79 Å². The van der Waals surface area contributed by atoms with Gasteiger partial charge in [-0.2, -0.15) is 0 Å². The van der Waals surface area contributed by atoms with Crippen molar-refractivity contribution >= 4 is 11.9 Å². The maximum Gasteiger partial charge on any atom is 0.344 e. The number of likely N-dealkylation sites (N-methyl/N-ethyl adjacent to an activating group) is 1. The lowest BCUT2D eigenvalue weighted by molar-refractivity contribution is -0.135. The molecule has 1 aliphatic carbocycles. The lowest BCUT2D eigenvalue weighted by Crippen LogP contribution is -2.36. The second kappa shape index (κ2) is 8.53. The molecule has 0 spiro atoms. The number of amides is 1. The van der Waals surface area contributed by atoms with Gasteiger partial charge < -0.3 is 14.2 Å². The molecule has 0 aliphatic heterocycles. The standard InChI is InChI=1S/C24H24N2O4/c1-16-22(23(25-30-16)18-10-4-3-5-11-18)24(28)29-15-21(27)26(2)20-14-8-12-17-9-6-7-13-19(17)20/h3-7,9-11,13,20H,8,12,14-15H2,1-2H3. The van der Waals surface area contributed by atoms with E-state index in [1.807, 2.05) is 42.5 Å². The molecular formula is C24H24N2O4. The predicted molar refractivity (Wildman–Crippen MR) is 112 cm³/mol. The summed E-state index contributed by atoms with van der Waals surface area (Å²) >= 11 is 0. The average Bonchev–Trinajstić information content (AvgIpc) is 3.18. The fraction of sp³-hybridized carbons (Fsp3) is 0.292. The summed E-state index contributed by atoms with van der Waals surface area (Å²) in [6.45, 7) is 1.33. The van der Waals surface area contributed by atoms with Crippen molar-refractivity contribution in [2.24, 2.45) is 0 Å². The van der Waals surface area contributed by atoms with Crippen molar-refractivity contribution < 1.29 is 18.8 Å². The Bertz CT molecular complexity index is 1060. The molecule has 0 saturated heterocycles. The van der Waals surface area contributed by atoms with Gasteiger partial charge in [0, 0.05) is 12.6 Å². The number of esters is 1. The summed E-state index contributed by atoms with van der Waals surface area (Å²) in [5.74, 6) is -0.486. The van der Waals surface area contributed by atoms with Gasteiger partial charge in [0.15, 0.2) is 6.61 Å². The zero-order chi connectivity index (χ0) is 21.1. The number of hydrogen-bond acceptors (Lipinski definition) is 5. The maximum atomic E-state index is 12.8. The van der Waals surface area contributed by atoms with Crippen LogP contribution in [0.1, 0.15) is 46.1 Å². The van der Waals surface area contributed by atoms with Crippen LogP contribution in [0.2, 0.25) is 0 Å². The summed E-state index contributed by atoms with van der Waals surface area (Å²) in [7, 11) is 1.77. The highest BCUT2D eigenvalue weighted by molar-refractivity contribution is 5.98. The first-order valence-electron chi connectivity index (χ1n) is 10.1. The number of carbonyl (C=O) groups is 2. The second-order valence-electron chi connectivity index (χ2n) is 7.52. The normalized spacial score (nSPS) is 15.3. The van der Waals surface area contributed by atoms with E-state index in [1.54, 1.807) is 18.9 Å². The van der Waals surface area contributed by atoms with Gasteiger partial charge in [0.05, 0.1) is 6.04 Å². The van der Waals surface area contributed by atoms with E-state index in [0.717, 1.165) is 24.8 Å². The van der Waals surface area contributed by atoms with E-state index in [2.05, 4.69) is 17.3 Å². The number of aryl methyl sites for hydroxylation is 2.